The van der Waals surface area contributed by atoms with Crippen molar-refractivity contribution < 1.29 is 9.53 Å². The predicted molar refractivity (Wildman–Crippen MR) is 79.4 cm³/mol. The number of nitrogens with two attached hydrogens (primary N) is 1. The van der Waals surface area contributed by atoms with E-state index < -0.39 is 0 Å². The first-order valence-corrected chi connectivity index (χ1v) is 7.29. The summed E-state index contributed by atoms with van der Waals surface area (Å²) >= 11 is 0. The average molecular weight is 276 g/mol. The smallest absolute Gasteiger partial charge is 0.314 e. The van der Waals surface area contributed by atoms with Crippen LogP contribution < -0.4 is 5.73 Å². The molecule has 0 radical (unpaired) electrons. The Morgan fingerprint density at radius 1 is 1.35 bits per heavy atom. The molecule has 0 bridgehead atoms. The Kier molecular flexibility index (Phi) is 5.56. The Morgan fingerprint density at radius 2 is 2.00 bits per heavy atom. The van der Waals surface area contributed by atoms with Gasteiger partial charge in [0.15, 0.2) is 0 Å². The minimum absolute atomic E-state index is 0.155. The Balaban J connectivity index is 2.00. The van der Waals surface area contributed by atoms with Crippen molar-refractivity contribution in [2.75, 3.05) is 33.3 Å². The molecule has 4 nitrogen and oxygen atoms in total. The lowest BCUT2D eigenvalue weighted by Crippen LogP contribution is -2.40. The lowest BCUT2D eigenvalue weighted by atomic mass is 9.94. The zero-order valence-corrected chi connectivity index (χ0v) is 12.1. The van der Waals surface area contributed by atoms with E-state index in [-0.39, 0.29) is 11.9 Å². The molecule has 110 valence electrons. The first kappa shape index (κ1) is 15.0. The van der Waals surface area contributed by atoms with Crippen LogP contribution in [0.5, 0.6) is 0 Å². The van der Waals surface area contributed by atoms with Gasteiger partial charge in [-0.25, -0.2) is 0 Å². The largest absolute Gasteiger partial charge is 0.469 e. The molecule has 1 aromatic rings. The van der Waals surface area contributed by atoms with Gasteiger partial charge in [0.05, 0.1) is 13.0 Å². The first-order valence-electron chi connectivity index (χ1n) is 7.29. The van der Waals surface area contributed by atoms with E-state index in [9.17, 15) is 4.79 Å². The van der Waals surface area contributed by atoms with Crippen LogP contribution in [0.25, 0.3) is 0 Å². The molecule has 1 atom stereocenters. The van der Waals surface area contributed by atoms with Crippen molar-refractivity contribution in [1.82, 2.24) is 4.90 Å². The van der Waals surface area contributed by atoms with E-state index in [2.05, 4.69) is 4.90 Å². The van der Waals surface area contributed by atoms with Crippen LogP contribution in [-0.2, 0) is 9.53 Å². The van der Waals surface area contributed by atoms with Gasteiger partial charge < -0.3 is 15.4 Å². The van der Waals surface area contributed by atoms with Crippen molar-refractivity contribution in [3.05, 3.63) is 35.9 Å². The molecular weight excluding hydrogens is 252 g/mol. The predicted octanol–water partition coefficient (Wildman–Crippen LogP) is 1.61. The van der Waals surface area contributed by atoms with Gasteiger partial charge >= 0.3 is 5.97 Å². The molecule has 1 fully saturated rings. The van der Waals surface area contributed by atoms with Crippen molar-refractivity contribution in [2.24, 2.45) is 11.7 Å². The maximum Gasteiger partial charge on any atom is 0.314 e. The van der Waals surface area contributed by atoms with E-state index in [0.717, 1.165) is 44.6 Å². The van der Waals surface area contributed by atoms with Crippen molar-refractivity contribution in [3.8, 4) is 0 Å². The molecule has 4 heteroatoms. The molecule has 2 rings (SSSR count). The van der Waals surface area contributed by atoms with Crippen molar-refractivity contribution in [1.29, 1.82) is 0 Å². The zero-order chi connectivity index (χ0) is 14.4. The SMILES string of the molecule is COC(=O)C(CN1CCC(CN)CC1)c1ccccc1. The van der Waals surface area contributed by atoms with E-state index in [4.69, 9.17) is 10.5 Å². The van der Waals surface area contributed by atoms with Crippen LogP contribution in [0.1, 0.15) is 24.3 Å². The van der Waals surface area contributed by atoms with Crippen LogP contribution in [0, 0.1) is 5.92 Å². The molecule has 1 saturated heterocycles. The number of likely N-dealkylation sites (tertiary alicyclic amines) is 1. The number of carbonyl (C=O) groups is 1. The summed E-state index contributed by atoms with van der Waals surface area (Å²) in [7, 11) is 1.46. The molecule has 0 amide bonds. The van der Waals surface area contributed by atoms with Crippen LogP contribution in [0.4, 0.5) is 0 Å². The first-order chi connectivity index (χ1) is 9.74. The summed E-state index contributed by atoms with van der Waals surface area (Å²) in [6.07, 6.45) is 2.25. The third kappa shape index (κ3) is 3.81. The summed E-state index contributed by atoms with van der Waals surface area (Å²) in [6, 6.07) is 9.88. The normalized spacial score (nSPS) is 18.7. The van der Waals surface area contributed by atoms with Gasteiger partial charge in [-0.2, -0.15) is 0 Å². The van der Waals surface area contributed by atoms with E-state index in [1.807, 2.05) is 30.3 Å². The molecule has 2 N–H and O–H groups in total. The fourth-order valence-corrected chi connectivity index (χ4v) is 2.81. The number of esters is 1. The van der Waals surface area contributed by atoms with Crippen molar-refractivity contribution in [2.45, 2.75) is 18.8 Å². The number of hydrogen-bond donors (Lipinski definition) is 1. The van der Waals surface area contributed by atoms with Crippen LogP contribution in [0.3, 0.4) is 0 Å². The minimum atomic E-state index is -0.198. The van der Waals surface area contributed by atoms with Gasteiger partial charge in [0, 0.05) is 6.54 Å². The summed E-state index contributed by atoms with van der Waals surface area (Å²) < 4.78 is 4.97. The number of piperidine rings is 1. The number of ether oxygens (including phenoxy) is 1. The Hall–Kier alpha value is -1.39. The van der Waals surface area contributed by atoms with Crippen LogP contribution in [0.15, 0.2) is 30.3 Å². The van der Waals surface area contributed by atoms with Gasteiger partial charge in [-0.1, -0.05) is 30.3 Å². The van der Waals surface area contributed by atoms with Gasteiger partial charge in [0.1, 0.15) is 0 Å². The Labute approximate surface area is 120 Å². The molecule has 1 aromatic carbocycles. The summed E-state index contributed by atoms with van der Waals surface area (Å²) in [5.74, 6) is 0.285. The molecule has 0 saturated carbocycles. The molecule has 1 aliphatic heterocycles. The monoisotopic (exact) mass is 276 g/mol. The van der Waals surface area contributed by atoms with Crippen molar-refractivity contribution in [3.63, 3.8) is 0 Å². The molecule has 1 unspecified atom stereocenters. The highest BCUT2D eigenvalue weighted by Gasteiger charge is 2.26. The van der Waals surface area contributed by atoms with E-state index in [1.54, 1.807) is 0 Å². The van der Waals surface area contributed by atoms with Crippen LogP contribution in [0.2, 0.25) is 0 Å². The van der Waals surface area contributed by atoms with Crippen LogP contribution in [-0.4, -0.2) is 44.2 Å². The van der Waals surface area contributed by atoms with E-state index in [0.29, 0.717) is 5.92 Å². The standard InChI is InChI=1S/C16H24N2O2/c1-20-16(19)15(14-5-3-2-4-6-14)12-18-9-7-13(11-17)8-10-18/h2-6,13,15H,7-12,17H2,1H3. The van der Waals surface area contributed by atoms with Gasteiger partial charge in [-0.3, -0.25) is 4.79 Å². The summed E-state index contributed by atoms with van der Waals surface area (Å²) in [4.78, 5) is 14.4. The molecule has 1 heterocycles. The average Bonchev–Trinajstić information content (AvgIpc) is 2.53. The number of methoxy groups -OCH3 is 1. The summed E-state index contributed by atoms with van der Waals surface area (Å²) in [6.45, 7) is 3.53. The lowest BCUT2D eigenvalue weighted by molar-refractivity contribution is -0.143. The second kappa shape index (κ2) is 7.41. The molecule has 0 aliphatic carbocycles. The second-order valence-electron chi connectivity index (χ2n) is 5.47. The summed E-state index contributed by atoms with van der Waals surface area (Å²) in [5, 5.41) is 0. The molecule has 20 heavy (non-hydrogen) atoms. The number of nitrogens with zero attached hydrogens (tertiary/aromatic N) is 1. The molecular formula is C16H24N2O2. The number of benzene rings is 1. The zero-order valence-electron chi connectivity index (χ0n) is 12.1. The number of hydrogen-bond acceptors (Lipinski definition) is 4. The third-order valence-corrected chi connectivity index (χ3v) is 4.17. The molecule has 0 spiro atoms. The Morgan fingerprint density at radius 3 is 2.55 bits per heavy atom. The highest BCUT2D eigenvalue weighted by atomic mass is 16.5. The highest BCUT2D eigenvalue weighted by molar-refractivity contribution is 5.78. The number of carbonyl (C=O) groups excluding carboxylic acids is 1. The number of rotatable bonds is 5. The van der Waals surface area contributed by atoms with Gasteiger partial charge in [0.2, 0.25) is 0 Å². The maximum absolute atomic E-state index is 12.0. The maximum atomic E-state index is 12.0. The van der Waals surface area contributed by atoms with Crippen LogP contribution >= 0.6 is 0 Å². The Bertz CT molecular complexity index is 414. The van der Waals surface area contributed by atoms with Gasteiger partial charge in [-0.05, 0) is 44.0 Å². The lowest BCUT2D eigenvalue weighted by Gasteiger charge is -2.33. The third-order valence-electron chi connectivity index (χ3n) is 4.17. The highest BCUT2D eigenvalue weighted by Crippen LogP contribution is 2.22. The fraction of sp³-hybridized carbons (Fsp3) is 0.562. The quantitative estimate of drug-likeness (QED) is 0.830. The van der Waals surface area contributed by atoms with E-state index >= 15 is 0 Å². The van der Waals surface area contributed by atoms with Gasteiger partial charge in [-0.15, -0.1) is 0 Å². The van der Waals surface area contributed by atoms with Crippen molar-refractivity contribution >= 4 is 5.97 Å². The topological polar surface area (TPSA) is 55.6 Å². The van der Waals surface area contributed by atoms with E-state index in [1.165, 1.54) is 7.11 Å². The summed E-state index contributed by atoms with van der Waals surface area (Å²) in [5.41, 5.74) is 6.75. The fourth-order valence-electron chi connectivity index (χ4n) is 2.81. The molecule has 1 aliphatic rings. The minimum Gasteiger partial charge on any atom is -0.469 e. The van der Waals surface area contributed by atoms with Gasteiger partial charge in [0.25, 0.3) is 0 Å². The molecule has 0 aromatic heterocycles. The second-order valence-corrected chi connectivity index (χ2v) is 5.47.